The molecule has 0 aliphatic carbocycles. The van der Waals surface area contributed by atoms with Gasteiger partial charge in [0.2, 0.25) is 0 Å². The number of aromatic nitrogens is 3. The first-order valence-corrected chi connectivity index (χ1v) is 13.2. The smallest absolute Gasteiger partial charge is 0.327 e. The SMILES string of the molecule is Cc1cc(-c2ccc(-c3cccnc3)cc2)nn1CCOc1ccc(CCC(=O)O)c(C(N)C(=O)OC(C)C)c1.Cl. The fourth-order valence-electron chi connectivity index (χ4n) is 4.35. The van der Waals surface area contributed by atoms with Crippen LogP contribution >= 0.6 is 12.4 Å². The number of carbonyl (C=O) groups excluding carboxylic acids is 1. The predicted octanol–water partition coefficient (Wildman–Crippen LogP) is 5.39. The number of aryl methyl sites for hydroxylation is 2. The minimum absolute atomic E-state index is 0. The van der Waals surface area contributed by atoms with Crippen LogP contribution in [0.25, 0.3) is 22.4 Å². The van der Waals surface area contributed by atoms with Crippen molar-refractivity contribution in [2.75, 3.05) is 6.61 Å². The van der Waals surface area contributed by atoms with Crippen molar-refractivity contribution in [2.24, 2.45) is 5.73 Å². The Morgan fingerprint density at radius 1 is 1.02 bits per heavy atom. The number of esters is 1. The summed E-state index contributed by atoms with van der Waals surface area (Å²) in [4.78, 5) is 27.8. The van der Waals surface area contributed by atoms with E-state index in [-0.39, 0.29) is 31.4 Å². The molecule has 4 aromatic rings. The van der Waals surface area contributed by atoms with Crippen molar-refractivity contribution in [1.82, 2.24) is 14.8 Å². The first kappa shape index (κ1) is 31.3. The Bertz CT molecular complexity index is 1460. The Morgan fingerprint density at radius 3 is 2.41 bits per heavy atom. The number of nitrogens with two attached hydrogens (primary N) is 1. The van der Waals surface area contributed by atoms with Crippen molar-refractivity contribution in [3.05, 3.63) is 89.9 Å². The Kier molecular flexibility index (Phi) is 11.0. The van der Waals surface area contributed by atoms with Gasteiger partial charge in [0.15, 0.2) is 0 Å². The van der Waals surface area contributed by atoms with E-state index in [2.05, 4.69) is 17.1 Å². The molecule has 0 saturated carbocycles. The molecule has 0 bridgehead atoms. The third kappa shape index (κ3) is 8.39. The summed E-state index contributed by atoms with van der Waals surface area (Å²) in [6, 6.07) is 18.3. The van der Waals surface area contributed by atoms with Crippen LogP contribution in [0, 0.1) is 6.92 Å². The number of ether oxygens (including phenoxy) is 2. The lowest BCUT2D eigenvalue weighted by molar-refractivity contribution is -0.149. The number of rotatable bonds is 12. The molecular weight excluding hydrogens is 544 g/mol. The van der Waals surface area contributed by atoms with Crippen LogP contribution in [0.5, 0.6) is 5.75 Å². The average Bonchev–Trinajstić information content (AvgIpc) is 3.32. The lowest BCUT2D eigenvalue weighted by Crippen LogP contribution is -2.27. The minimum Gasteiger partial charge on any atom is -0.492 e. The van der Waals surface area contributed by atoms with E-state index in [1.54, 1.807) is 38.2 Å². The highest BCUT2D eigenvalue weighted by molar-refractivity contribution is 5.85. The van der Waals surface area contributed by atoms with Gasteiger partial charge in [0.1, 0.15) is 18.4 Å². The molecule has 4 rings (SSSR count). The van der Waals surface area contributed by atoms with Gasteiger partial charge in [-0.2, -0.15) is 5.10 Å². The number of carboxylic acid groups (broad SMARTS) is 1. The molecule has 1 atom stereocenters. The Balaban J connectivity index is 0.00000462. The van der Waals surface area contributed by atoms with E-state index in [4.69, 9.17) is 25.4 Å². The lowest BCUT2D eigenvalue weighted by Gasteiger charge is -2.18. The predicted molar refractivity (Wildman–Crippen MR) is 159 cm³/mol. The zero-order chi connectivity index (χ0) is 28.6. The summed E-state index contributed by atoms with van der Waals surface area (Å²) in [6.07, 6.45) is 3.44. The molecule has 10 heteroatoms. The van der Waals surface area contributed by atoms with Crippen molar-refractivity contribution in [3.63, 3.8) is 0 Å². The van der Waals surface area contributed by atoms with Crippen LogP contribution < -0.4 is 10.5 Å². The molecule has 0 fully saturated rings. The van der Waals surface area contributed by atoms with Crippen LogP contribution in [-0.4, -0.2) is 44.5 Å². The minimum atomic E-state index is -1.05. The van der Waals surface area contributed by atoms with Gasteiger partial charge in [-0.1, -0.05) is 36.4 Å². The van der Waals surface area contributed by atoms with E-state index in [0.29, 0.717) is 30.0 Å². The number of hydrogen-bond acceptors (Lipinski definition) is 7. The third-order valence-corrected chi connectivity index (χ3v) is 6.39. The number of benzene rings is 2. The lowest BCUT2D eigenvalue weighted by atomic mass is 9.97. The average molecular weight is 579 g/mol. The summed E-state index contributed by atoms with van der Waals surface area (Å²) in [6.45, 7) is 6.33. The maximum Gasteiger partial charge on any atom is 0.327 e. The van der Waals surface area contributed by atoms with Gasteiger partial charge in [0.25, 0.3) is 0 Å². The Labute approximate surface area is 245 Å². The molecule has 9 nitrogen and oxygen atoms in total. The Morgan fingerprint density at radius 2 is 1.76 bits per heavy atom. The van der Waals surface area contributed by atoms with Crippen LogP contribution in [0.15, 0.2) is 73.1 Å². The normalized spacial score (nSPS) is 11.5. The van der Waals surface area contributed by atoms with Crippen LogP contribution in [0.3, 0.4) is 0 Å². The van der Waals surface area contributed by atoms with Gasteiger partial charge in [-0.3, -0.25) is 14.5 Å². The molecule has 41 heavy (non-hydrogen) atoms. The summed E-state index contributed by atoms with van der Waals surface area (Å²) in [5, 5.41) is 13.9. The number of carboxylic acids is 1. The first-order chi connectivity index (χ1) is 19.2. The zero-order valence-electron chi connectivity index (χ0n) is 23.3. The van der Waals surface area contributed by atoms with Crippen LogP contribution in [0.2, 0.25) is 0 Å². The molecule has 0 radical (unpaired) electrons. The highest BCUT2D eigenvalue weighted by Gasteiger charge is 2.22. The highest BCUT2D eigenvalue weighted by atomic mass is 35.5. The summed E-state index contributed by atoms with van der Waals surface area (Å²) in [7, 11) is 0. The summed E-state index contributed by atoms with van der Waals surface area (Å²) >= 11 is 0. The molecule has 0 saturated heterocycles. The maximum atomic E-state index is 12.5. The Hall–Kier alpha value is -4.21. The molecule has 2 aromatic carbocycles. The number of carbonyl (C=O) groups is 2. The second-order valence-corrected chi connectivity index (χ2v) is 9.78. The summed E-state index contributed by atoms with van der Waals surface area (Å²) in [5.74, 6) is -0.974. The van der Waals surface area contributed by atoms with Crippen molar-refractivity contribution >= 4 is 24.3 Å². The molecule has 2 aromatic heterocycles. The maximum absolute atomic E-state index is 12.5. The third-order valence-electron chi connectivity index (χ3n) is 6.39. The standard InChI is InChI=1S/C31H34N4O5.ClH/c1-20(2)40-31(38)30(32)27-18-26(12-10-23(27)11-13-29(36)37)39-16-15-35-21(3)17-28(34-35)24-8-6-22(7-9-24)25-5-4-14-33-19-25;/h4-10,12,14,17-20,30H,11,13,15-16,32H2,1-3H3,(H,36,37);1H. The first-order valence-electron chi connectivity index (χ1n) is 13.2. The fraction of sp³-hybridized carbons (Fsp3) is 0.290. The number of aliphatic carboxylic acids is 1. The van der Waals surface area contributed by atoms with E-state index in [1.165, 1.54) is 0 Å². The number of hydrogen-bond donors (Lipinski definition) is 2. The van der Waals surface area contributed by atoms with Gasteiger partial charge in [-0.25, -0.2) is 4.79 Å². The van der Waals surface area contributed by atoms with Crippen molar-refractivity contribution in [1.29, 1.82) is 0 Å². The highest BCUT2D eigenvalue weighted by Crippen LogP contribution is 2.26. The fourth-order valence-corrected chi connectivity index (χ4v) is 4.35. The van der Waals surface area contributed by atoms with Gasteiger partial charge < -0.3 is 20.3 Å². The van der Waals surface area contributed by atoms with Gasteiger partial charge in [0, 0.05) is 30.1 Å². The van der Waals surface area contributed by atoms with Gasteiger partial charge in [-0.15, -0.1) is 12.4 Å². The molecule has 0 aliphatic rings. The van der Waals surface area contributed by atoms with Crippen LogP contribution in [-0.2, 0) is 27.3 Å². The molecule has 0 aliphatic heterocycles. The second kappa shape index (κ2) is 14.4. The number of nitrogens with zero attached hydrogens (tertiary/aromatic N) is 3. The van der Waals surface area contributed by atoms with Gasteiger partial charge >= 0.3 is 11.9 Å². The van der Waals surface area contributed by atoms with Gasteiger partial charge in [-0.05, 0) is 73.7 Å². The van der Waals surface area contributed by atoms with E-state index in [9.17, 15) is 9.59 Å². The van der Waals surface area contributed by atoms with Gasteiger partial charge in [0.05, 0.1) is 18.3 Å². The topological polar surface area (TPSA) is 130 Å². The molecule has 216 valence electrons. The monoisotopic (exact) mass is 578 g/mol. The van der Waals surface area contributed by atoms with E-state index >= 15 is 0 Å². The zero-order valence-corrected chi connectivity index (χ0v) is 24.1. The van der Waals surface area contributed by atoms with E-state index < -0.39 is 18.0 Å². The number of pyridine rings is 1. The van der Waals surface area contributed by atoms with Crippen molar-refractivity contribution in [3.8, 4) is 28.1 Å². The molecule has 2 heterocycles. The quantitative estimate of drug-likeness (QED) is 0.214. The van der Waals surface area contributed by atoms with Crippen LogP contribution in [0.1, 0.15) is 43.1 Å². The molecule has 0 spiro atoms. The van der Waals surface area contributed by atoms with Crippen molar-refractivity contribution < 1.29 is 24.2 Å². The van der Waals surface area contributed by atoms with E-state index in [0.717, 1.165) is 28.1 Å². The largest absolute Gasteiger partial charge is 0.492 e. The molecular formula is C31H35ClN4O5. The van der Waals surface area contributed by atoms with Crippen LogP contribution in [0.4, 0.5) is 0 Å². The molecule has 1 unspecified atom stereocenters. The summed E-state index contributed by atoms with van der Waals surface area (Å²) < 4.78 is 13.1. The second-order valence-electron chi connectivity index (χ2n) is 9.78. The molecule has 0 amide bonds. The summed E-state index contributed by atoms with van der Waals surface area (Å²) in [5.41, 5.74) is 12.4. The van der Waals surface area contributed by atoms with E-state index in [1.807, 2.05) is 48.1 Å². The van der Waals surface area contributed by atoms with Crippen molar-refractivity contribution in [2.45, 2.75) is 52.3 Å². The molecule has 3 N–H and O–H groups in total. The number of halogens is 1.